The van der Waals surface area contributed by atoms with Crippen molar-refractivity contribution in [2.45, 2.75) is 83.7 Å². The molecule has 1 atom stereocenters. The summed E-state index contributed by atoms with van der Waals surface area (Å²) >= 11 is 0. The van der Waals surface area contributed by atoms with Crippen LogP contribution in [-0.2, 0) is 22.0 Å². The average Bonchev–Trinajstić information content (AvgIpc) is 3.66. The van der Waals surface area contributed by atoms with Gasteiger partial charge >= 0.3 is 18.3 Å². The molecule has 3 heterocycles. The standard InChI is InChI=1S/C35H37F8N7O4/c1-19(2)27(35(41,42)43)44-18-48(6)21-9-7-20(8-10-21)16-50-26-13-22(28-46-47-30(53-28)49-12-11-33(37,38)17-49)24(36)14-23(26)34(39,40)15-25(29(50)51)45-31(52)54-32(3,4)5/h7-10,13-14,18,25H,11-12,15-17H2,1-6H3,(H,45,52). The van der Waals surface area contributed by atoms with Gasteiger partial charge in [-0.2, -0.15) is 13.2 Å². The third-order valence-corrected chi connectivity index (χ3v) is 8.36. The number of nitrogens with one attached hydrogen (secondary N) is 1. The summed E-state index contributed by atoms with van der Waals surface area (Å²) in [6, 6.07) is 5.15. The summed E-state index contributed by atoms with van der Waals surface area (Å²) in [5.74, 6) is -9.70. The van der Waals surface area contributed by atoms with Gasteiger partial charge in [0.1, 0.15) is 23.2 Å². The van der Waals surface area contributed by atoms with Crippen LogP contribution in [0.25, 0.3) is 11.5 Å². The molecule has 0 spiro atoms. The minimum absolute atomic E-state index is 0.0475. The van der Waals surface area contributed by atoms with Gasteiger partial charge in [0.05, 0.1) is 30.7 Å². The van der Waals surface area contributed by atoms with Crippen LogP contribution < -0.4 is 20.0 Å². The average molecular weight is 772 g/mol. The molecule has 0 aliphatic carbocycles. The predicted molar refractivity (Wildman–Crippen MR) is 182 cm³/mol. The molecule has 19 heteroatoms. The number of anilines is 3. The molecule has 1 N–H and O–H groups in total. The molecule has 1 fully saturated rings. The molecule has 2 amide bonds. The molecule has 0 radical (unpaired) electrons. The highest BCUT2D eigenvalue weighted by molar-refractivity contribution is 6.01. The lowest BCUT2D eigenvalue weighted by Crippen LogP contribution is -2.49. The van der Waals surface area contributed by atoms with E-state index in [1.165, 1.54) is 70.8 Å². The number of alkyl halides is 7. The number of hydrogen-bond donors (Lipinski definition) is 1. The maximum absolute atomic E-state index is 16.0. The molecular formula is C35H37F8N7O4. The van der Waals surface area contributed by atoms with Crippen LogP contribution in [0.4, 0.5) is 57.3 Å². The Morgan fingerprint density at radius 1 is 1.11 bits per heavy atom. The smallest absolute Gasteiger partial charge is 0.433 e. The van der Waals surface area contributed by atoms with Gasteiger partial charge in [-0.1, -0.05) is 17.2 Å². The number of carbonyl (C=O) groups is 2. The quantitative estimate of drug-likeness (QED) is 0.139. The number of carbonyl (C=O) groups excluding carboxylic acids is 2. The number of alkyl carbamates (subject to hydrolysis) is 1. The molecule has 11 nitrogen and oxygen atoms in total. The number of nitrogens with zero attached hydrogens (tertiary/aromatic N) is 6. The van der Waals surface area contributed by atoms with Crippen LogP contribution in [0, 0.1) is 5.82 Å². The van der Waals surface area contributed by atoms with E-state index in [-0.39, 0.29) is 18.1 Å². The van der Waals surface area contributed by atoms with Crippen molar-refractivity contribution < 1.29 is 53.9 Å². The van der Waals surface area contributed by atoms with Gasteiger partial charge in [0, 0.05) is 37.7 Å². The number of hydrogen-bond acceptors (Lipinski definition) is 8. The van der Waals surface area contributed by atoms with Gasteiger partial charge in [-0.25, -0.2) is 31.7 Å². The van der Waals surface area contributed by atoms with Crippen molar-refractivity contribution in [2.75, 3.05) is 34.8 Å². The topological polar surface area (TPSA) is 116 Å². The fraction of sp³-hybridized carbons (Fsp3) is 0.457. The van der Waals surface area contributed by atoms with Gasteiger partial charge in [-0.05, 0) is 70.0 Å². The molecule has 1 aromatic heterocycles. The highest BCUT2D eigenvalue weighted by Crippen LogP contribution is 2.45. The maximum Gasteiger partial charge on any atom is 0.433 e. The van der Waals surface area contributed by atoms with Crippen molar-refractivity contribution in [3.63, 3.8) is 0 Å². The number of rotatable bonds is 8. The number of aromatic nitrogens is 2. The van der Waals surface area contributed by atoms with E-state index in [0.717, 1.165) is 22.2 Å². The second kappa shape index (κ2) is 14.5. The summed E-state index contributed by atoms with van der Waals surface area (Å²) in [5.41, 5.74) is -3.33. The van der Waals surface area contributed by atoms with E-state index in [0.29, 0.717) is 17.3 Å². The van der Waals surface area contributed by atoms with E-state index in [9.17, 15) is 31.5 Å². The van der Waals surface area contributed by atoms with Crippen molar-refractivity contribution in [3.8, 4) is 11.5 Å². The van der Waals surface area contributed by atoms with Gasteiger partial charge in [-0.3, -0.25) is 4.79 Å². The summed E-state index contributed by atoms with van der Waals surface area (Å²) < 4.78 is 126. The number of aliphatic imine (C=N–C) groups is 1. The van der Waals surface area contributed by atoms with Gasteiger partial charge < -0.3 is 29.2 Å². The lowest BCUT2D eigenvalue weighted by molar-refractivity contribution is -0.123. The molecule has 2 aliphatic heterocycles. The number of halogens is 8. The van der Waals surface area contributed by atoms with Gasteiger partial charge in [0.25, 0.3) is 17.7 Å². The first-order valence-electron chi connectivity index (χ1n) is 16.5. The van der Waals surface area contributed by atoms with Crippen LogP contribution in [0.15, 0.2) is 57.1 Å². The van der Waals surface area contributed by atoms with Crippen molar-refractivity contribution in [1.82, 2.24) is 15.5 Å². The molecule has 0 bridgehead atoms. The molecule has 2 aromatic carbocycles. The first kappa shape index (κ1) is 40.0. The molecule has 54 heavy (non-hydrogen) atoms. The van der Waals surface area contributed by atoms with E-state index < -0.39 is 102 Å². The minimum atomic E-state index is -4.68. The van der Waals surface area contributed by atoms with Crippen molar-refractivity contribution in [3.05, 3.63) is 64.6 Å². The van der Waals surface area contributed by atoms with Crippen LogP contribution >= 0.6 is 0 Å². The zero-order chi connectivity index (χ0) is 40.0. The number of fused-ring (bicyclic) bond motifs is 1. The Bertz CT molecular complexity index is 1950. The summed E-state index contributed by atoms with van der Waals surface area (Å²) in [5, 5.41) is 9.68. The van der Waals surface area contributed by atoms with Crippen LogP contribution in [-0.4, -0.2) is 72.4 Å². The minimum Gasteiger partial charge on any atom is -0.444 e. The van der Waals surface area contributed by atoms with Crippen molar-refractivity contribution in [2.24, 2.45) is 4.99 Å². The molecule has 5 rings (SSSR count). The fourth-order valence-electron chi connectivity index (χ4n) is 5.80. The Kier molecular flexibility index (Phi) is 10.8. The van der Waals surface area contributed by atoms with Crippen molar-refractivity contribution in [1.29, 1.82) is 0 Å². The third-order valence-electron chi connectivity index (χ3n) is 8.36. The Hall–Kier alpha value is -5.23. The highest BCUT2D eigenvalue weighted by atomic mass is 19.4. The van der Waals surface area contributed by atoms with E-state index in [1.54, 1.807) is 0 Å². The summed E-state index contributed by atoms with van der Waals surface area (Å²) in [6.07, 6.45) is -6.61. The van der Waals surface area contributed by atoms with E-state index in [1.807, 2.05) is 0 Å². The third kappa shape index (κ3) is 9.10. The van der Waals surface area contributed by atoms with E-state index >= 15 is 13.2 Å². The second-order valence-corrected chi connectivity index (χ2v) is 14.2. The lowest BCUT2D eigenvalue weighted by Gasteiger charge is -2.27. The number of allylic oxidation sites excluding steroid dienone is 2. The van der Waals surface area contributed by atoms with E-state index in [2.05, 4.69) is 20.5 Å². The van der Waals surface area contributed by atoms with Crippen LogP contribution in [0.1, 0.15) is 58.6 Å². The summed E-state index contributed by atoms with van der Waals surface area (Å²) in [4.78, 5) is 33.7. The molecule has 1 saturated heterocycles. The maximum atomic E-state index is 16.0. The van der Waals surface area contributed by atoms with Gasteiger partial charge in [0.2, 0.25) is 5.91 Å². The molecular weight excluding hydrogens is 734 g/mol. The van der Waals surface area contributed by atoms with Crippen LogP contribution in [0.3, 0.4) is 0 Å². The zero-order valence-electron chi connectivity index (χ0n) is 30.0. The molecule has 0 saturated carbocycles. The monoisotopic (exact) mass is 771 g/mol. The Morgan fingerprint density at radius 2 is 1.78 bits per heavy atom. The SMILES string of the molecule is CC(C)=C(N=CN(C)c1ccc(CN2C(=O)C(NC(=O)OC(C)(C)C)CC(F)(F)c3cc(F)c(-c4nnc(N5CCC(F)(F)C5)o4)cc32)cc1)C(F)(F)F. The Morgan fingerprint density at radius 3 is 2.35 bits per heavy atom. The normalized spacial score (nSPS) is 18.4. The fourth-order valence-corrected chi connectivity index (χ4v) is 5.80. The van der Waals surface area contributed by atoms with Gasteiger partial charge in [-0.15, -0.1) is 5.10 Å². The summed E-state index contributed by atoms with van der Waals surface area (Å²) in [7, 11) is 1.45. The number of amides is 2. The second-order valence-electron chi connectivity index (χ2n) is 14.2. The zero-order valence-corrected chi connectivity index (χ0v) is 30.0. The molecule has 292 valence electrons. The molecule has 2 aliphatic rings. The Balaban J connectivity index is 1.52. The molecule has 3 aromatic rings. The van der Waals surface area contributed by atoms with E-state index in [4.69, 9.17) is 9.15 Å². The predicted octanol–water partition coefficient (Wildman–Crippen LogP) is 7.96. The Labute approximate surface area is 304 Å². The van der Waals surface area contributed by atoms with Gasteiger partial charge in [0.15, 0.2) is 0 Å². The van der Waals surface area contributed by atoms with Crippen molar-refractivity contribution >= 4 is 35.7 Å². The van der Waals surface area contributed by atoms with Crippen LogP contribution in [0.2, 0.25) is 0 Å². The largest absolute Gasteiger partial charge is 0.444 e. The first-order valence-corrected chi connectivity index (χ1v) is 16.5. The number of ether oxygens (including phenoxy) is 1. The van der Waals surface area contributed by atoms with Crippen LogP contribution in [0.5, 0.6) is 0 Å². The summed E-state index contributed by atoms with van der Waals surface area (Å²) in [6.45, 7) is 5.87. The lowest BCUT2D eigenvalue weighted by atomic mass is 9.99. The first-order chi connectivity index (χ1) is 24.9. The molecule has 1 unspecified atom stereocenters. The number of benzene rings is 2. The highest BCUT2D eigenvalue weighted by Gasteiger charge is 2.47.